The maximum Gasteiger partial charge on any atom is 0.407 e. The summed E-state index contributed by atoms with van der Waals surface area (Å²) in [6.07, 6.45) is 0.130. The van der Waals surface area contributed by atoms with E-state index in [9.17, 15) is 19.5 Å². The summed E-state index contributed by atoms with van der Waals surface area (Å²) in [6, 6.07) is 15.9. The summed E-state index contributed by atoms with van der Waals surface area (Å²) in [7, 11) is 0. The lowest BCUT2D eigenvalue weighted by Crippen LogP contribution is -2.40. The Morgan fingerprint density at radius 2 is 1.68 bits per heavy atom. The van der Waals surface area contributed by atoms with E-state index in [1.54, 1.807) is 4.90 Å². The molecule has 2 aromatic carbocycles. The van der Waals surface area contributed by atoms with Gasteiger partial charge in [-0.15, -0.1) is 0 Å². The number of alkyl carbamates (subject to hydrolysis) is 1. The van der Waals surface area contributed by atoms with Gasteiger partial charge in [0.05, 0.1) is 5.92 Å². The molecule has 4 rings (SSSR count). The van der Waals surface area contributed by atoms with E-state index in [0.29, 0.717) is 13.0 Å². The van der Waals surface area contributed by atoms with Crippen LogP contribution in [0.1, 0.15) is 50.7 Å². The van der Waals surface area contributed by atoms with Crippen LogP contribution >= 0.6 is 0 Å². The number of aliphatic carboxylic acids is 1. The predicted molar refractivity (Wildman–Crippen MR) is 128 cm³/mol. The summed E-state index contributed by atoms with van der Waals surface area (Å²) >= 11 is 0. The number of hydrogen-bond donors (Lipinski definition) is 2. The number of amides is 2. The molecule has 0 saturated carbocycles. The first-order valence-corrected chi connectivity index (χ1v) is 11.8. The van der Waals surface area contributed by atoms with Gasteiger partial charge in [-0.1, -0.05) is 69.3 Å². The molecular formula is C27H32N2O5. The summed E-state index contributed by atoms with van der Waals surface area (Å²) in [4.78, 5) is 38.6. The van der Waals surface area contributed by atoms with Gasteiger partial charge < -0.3 is 20.1 Å². The van der Waals surface area contributed by atoms with Gasteiger partial charge in [0.1, 0.15) is 6.61 Å². The standard InChI is InChI=1S/C27H32N2O5/c1-4-17(13-24(30)29-14-23(25(31)32)27(2,3)16-29)28-26(33)34-15-22-20-11-7-5-9-18(20)19-10-6-8-12-21(19)22/h5-12,17,22-23H,4,13-16H2,1-3H3,(H,28,33)(H,31,32)/t17-,23?/m1/s1. The summed E-state index contributed by atoms with van der Waals surface area (Å²) in [6.45, 7) is 6.43. The normalized spacial score (nSPS) is 19.3. The Hall–Kier alpha value is -3.35. The molecule has 0 spiro atoms. The number of nitrogens with one attached hydrogen (secondary N) is 1. The van der Waals surface area contributed by atoms with E-state index in [1.165, 1.54) is 0 Å². The van der Waals surface area contributed by atoms with Gasteiger partial charge in [-0.2, -0.15) is 0 Å². The van der Waals surface area contributed by atoms with Crippen LogP contribution in [0.5, 0.6) is 0 Å². The molecule has 1 aliphatic carbocycles. The molecule has 1 saturated heterocycles. The number of carboxylic acid groups (broad SMARTS) is 1. The fourth-order valence-electron chi connectivity index (χ4n) is 5.18. The summed E-state index contributed by atoms with van der Waals surface area (Å²) < 4.78 is 5.61. The summed E-state index contributed by atoms with van der Waals surface area (Å²) in [5.41, 5.74) is 4.13. The zero-order chi connectivity index (χ0) is 24.5. The van der Waals surface area contributed by atoms with Crippen molar-refractivity contribution >= 4 is 18.0 Å². The SMILES string of the molecule is CC[C@H](CC(=O)N1CC(C(=O)O)C(C)(C)C1)NC(=O)OCC1c2ccccc2-c2ccccc21. The fraction of sp³-hybridized carbons (Fsp3) is 0.444. The van der Waals surface area contributed by atoms with E-state index in [0.717, 1.165) is 22.3 Å². The third kappa shape index (κ3) is 4.65. The number of likely N-dealkylation sites (tertiary alicyclic amines) is 1. The van der Waals surface area contributed by atoms with Gasteiger partial charge in [0, 0.05) is 31.5 Å². The maximum absolute atomic E-state index is 12.8. The van der Waals surface area contributed by atoms with Crippen molar-refractivity contribution in [3.8, 4) is 11.1 Å². The maximum atomic E-state index is 12.8. The quantitative estimate of drug-likeness (QED) is 0.638. The van der Waals surface area contributed by atoms with E-state index in [2.05, 4.69) is 29.6 Å². The van der Waals surface area contributed by atoms with Crippen LogP contribution in [-0.4, -0.2) is 53.7 Å². The average molecular weight is 465 g/mol. The molecule has 34 heavy (non-hydrogen) atoms. The molecule has 1 unspecified atom stereocenters. The number of ether oxygens (including phenoxy) is 1. The van der Waals surface area contributed by atoms with Crippen LogP contribution < -0.4 is 5.32 Å². The number of carbonyl (C=O) groups is 3. The van der Waals surface area contributed by atoms with Gasteiger partial charge in [0.15, 0.2) is 0 Å². The summed E-state index contributed by atoms with van der Waals surface area (Å²) in [5.74, 6) is -1.65. The highest BCUT2D eigenvalue weighted by molar-refractivity contribution is 5.81. The zero-order valence-corrected chi connectivity index (χ0v) is 19.9. The van der Waals surface area contributed by atoms with E-state index in [4.69, 9.17) is 4.74 Å². The van der Waals surface area contributed by atoms with Crippen molar-refractivity contribution in [3.05, 3.63) is 59.7 Å². The number of hydrogen-bond acceptors (Lipinski definition) is 4. The largest absolute Gasteiger partial charge is 0.481 e. The van der Waals surface area contributed by atoms with E-state index < -0.39 is 23.4 Å². The molecule has 7 nitrogen and oxygen atoms in total. The van der Waals surface area contributed by atoms with Gasteiger partial charge >= 0.3 is 12.1 Å². The minimum atomic E-state index is -0.885. The third-order valence-corrected chi connectivity index (χ3v) is 7.17. The number of carboxylic acids is 1. The Morgan fingerprint density at radius 3 is 2.21 bits per heavy atom. The first kappa shape index (κ1) is 23.8. The highest BCUT2D eigenvalue weighted by Crippen LogP contribution is 2.44. The molecular weight excluding hydrogens is 432 g/mol. The minimum Gasteiger partial charge on any atom is -0.481 e. The molecule has 180 valence electrons. The van der Waals surface area contributed by atoms with Gasteiger partial charge in [-0.25, -0.2) is 4.79 Å². The highest BCUT2D eigenvalue weighted by Gasteiger charge is 2.45. The molecule has 0 bridgehead atoms. The summed E-state index contributed by atoms with van der Waals surface area (Å²) in [5, 5.41) is 12.3. The van der Waals surface area contributed by atoms with E-state index in [1.807, 2.05) is 45.0 Å². The number of nitrogens with zero attached hydrogens (tertiary/aromatic N) is 1. The van der Waals surface area contributed by atoms with Crippen LogP contribution in [0.4, 0.5) is 4.79 Å². The topological polar surface area (TPSA) is 95.9 Å². The molecule has 1 heterocycles. The predicted octanol–water partition coefficient (Wildman–Crippen LogP) is 4.26. The van der Waals surface area contributed by atoms with Crippen molar-refractivity contribution in [2.45, 2.75) is 45.6 Å². The van der Waals surface area contributed by atoms with Crippen molar-refractivity contribution in [1.82, 2.24) is 10.2 Å². The Kier molecular flexibility index (Phi) is 6.64. The lowest BCUT2D eigenvalue weighted by molar-refractivity contribution is -0.144. The number of carbonyl (C=O) groups excluding carboxylic acids is 2. The second-order valence-corrected chi connectivity index (χ2v) is 9.93. The van der Waals surface area contributed by atoms with Crippen LogP contribution in [0, 0.1) is 11.3 Å². The number of benzene rings is 2. The molecule has 2 amide bonds. The molecule has 2 atom stereocenters. The molecule has 0 radical (unpaired) electrons. The van der Waals surface area contributed by atoms with Crippen molar-refractivity contribution in [3.63, 3.8) is 0 Å². The molecule has 0 aromatic heterocycles. The highest BCUT2D eigenvalue weighted by atomic mass is 16.5. The van der Waals surface area contributed by atoms with Crippen molar-refractivity contribution < 1.29 is 24.2 Å². The zero-order valence-electron chi connectivity index (χ0n) is 19.9. The minimum absolute atomic E-state index is 0.0281. The molecule has 2 aromatic rings. The third-order valence-electron chi connectivity index (χ3n) is 7.17. The van der Waals surface area contributed by atoms with Crippen LogP contribution in [0.3, 0.4) is 0 Å². The second kappa shape index (κ2) is 9.49. The van der Waals surface area contributed by atoms with Gasteiger partial charge in [-0.3, -0.25) is 9.59 Å². The smallest absolute Gasteiger partial charge is 0.407 e. The van der Waals surface area contributed by atoms with Crippen LogP contribution in [0.15, 0.2) is 48.5 Å². The molecule has 1 aliphatic heterocycles. The Labute approximate surface area is 200 Å². The average Bonchev–Trinajstić information content (AvgIpc) is 3.31. The van der Waals surface area contributed by atoms with Gasteiger partial charge in [-0.05, 0) is 34.1 Å². The monoisotopic (exact) mass is 464 g/mol. The van der Waals surface area contributed by atoms with Crippen molar-refractivity contribution in [1.29, 1.82) is 0 Å². The van der Waals surface area contributed by atoms with E-state index in [-0.39, 0.29) is 37.4 Å². The molecule has 1 fully saturated rings. The van der Waals surface area contributed by atoms with Crippen molar-refractivity contribution in [2.75, 3.05) is 19.7 Å². The molecule has 2 N–H and O–H groups in total. The van der Waals surface area contributed by atoms with Gasteiger partial charge in [0.2, 0.25) is 5.91 Å². The van der Waals surface area contributed by atoms with Crippen LogP contribution in [0.2, 0.25) is 0 Å². The number of fused-ring (bicyclic) bond motifs is 3. The van der Waals surface area contributed by atoms with Gasteiger partial charge in [0.25, 0.3) is 0 Å². The lowest BCUT2D eigenvalue weighted by Gasteiger charge is -2.23. The van der Waals surface area contributed by atoms with Crippen molar-refractivity contribution in [2.24, 2.45) is 11.3 Å². The Morgan fingerprint density at radius 1 is 1.09 bits per heavy atom. The Balaban J connectivity index is 1.34. The first-order valence-electron chi connectivity index (χ1n) is 11.8. The molecule has 2 aliphatic rings. The van der Waals surface area contributed by atoms with E-state index >= 15 is 0 Å². The lowest BCUT2D eigenvalue weighted by atomic mass is 9.82. The molecule has 7 heteroatoms. The Bertz CT molecular complexity index is 1050. The second-order valence-electron chi connectivity index (χ2n) is 9.93. The number of rotatable bonds is 7. The first-order chi connectivity index (χ1) is 16.2. The fourth-order valence-corrected chi connectivity index (χ4v) is 5.18. The van der Waals surface area contributed by atoms with Crippen LogP contribution in [0.25, 0.3) is 11.1 Å². The van der Waals surface area contributed by atoms with Crippen LogP contribution in [-0.2, 0) is 14.3 Å².